The van der Waals surface area contributed by atoms with Gasteiger partial charge < -0.3 is 9.32 Å². The highest BCUT2D eigenvalue weighted by molar-refractivity contribution is 9.10. The Hall–Kier alpha value is -2.42. The van der Waals surface area contributed by atoms with E-state index >= 15 is 0 Å². The fourth-order valence-electron chi connectivity index (χ4n) is 3.22. The van der Waals surface area contributed by atoms with Gasteiger partial charge in [-0.2, -0.15) is 0 Å². The molecule has 29 heavy (non-hydrogen) atoms. The molecule has 0 saturated carbocycles. The summed E-state index contributed by atoms with van der Waals surface area (Å²) in [6.07, 6.45) is 1.36. The van der Waals surface area contributed by atoms with E-state index in [4.69, 9.17) is 4.42 Å². The molecule has 0 atom stereocenters. The van der Waals surface area contributed by atoms with Crippen LogP contribution >= 0.6 is 15.9 Å². The molecule has 1 aliphatic heterocycles. The lowest BCUT2D eigenvalue weighted by Gasteiger charge is -2.16. The van der Waals surface area contributed by atoms with E-state index in [-0.39, 0.29) is 17.3 Å². The van der Waals surface area contributed by atoms with Crippen LogP contribution < -0.4 is 9.62 Å². The van der Waals surface area contributed by atoms with Gasteiger partial charge in [-0.15, -0.1) is 0 Å². The lowest BCUT2D eigenvalue weighted by molar-refractivity contribution is -0.117. The minimum Gasteiger partial charge on any atom is -0.460 e. The number of anilines is 1. The first-order valence-corrected chi connectivity index (χ1v) is 11.4. The van der Waals surface area contributed by atoms with Crippen molar-refractivity contribution in [2.24, 2.45) is 0 Å². The van der Waals surface area contributed by atoms with Gasteiger partial charge in [0, 0.05) is 28.7 Å². The predicted molar refractivity (Wildman–Crippen MR) is 114 cm³/mol. The first kappa shape index (κ1) is 19.9. The number of nitrogens with one attached hydrogen (secondary N) is 1. The molecule has 6 nitrogen and oxygen atoms in total. The van der Waals surface area contributed by atoms with Crippen LogP contribution in [-0.2, 0) is 21.4 Å². The number of nitrogens with zero attached hydrogens (tertiary/aromatic N) is 1. The molecule has 0 spiro atoms. The summed E-state index contributed by atoms with van der Waals surface area (Å²) in [7, 11) is -3.69. The standard InChI is InChI=1S/C21H19BrN2O4S/c22-16-5-3-15(4-6-16)20-12-9-18(28-20)14-23-29(26,27)19-10-7-17(8-11-19)24-13-1-2-21(24)25/h3-12,23H,1-2,13-14H2. The summed E-state index contributed by atoms with van der Waals surface area (Å²) in [5.74, 6) is 1.26. The van der Waals surface area contributed by atoms with Crippen LogP contribution in [0.5, 0.6) is 0 Å². The summed E-state index contributed by atoms with van der Waals surface area (Å²) >= 11 is 3.39. The number of amides is 1. The molecule has 8 heteroatoms. The highest BCUT2D eigenvalue weighted by Gasteiger charge is 2.22. The van der Waals surface area contributed by atoms with Gasteiger partial charge >= 0.3 is 0 Å². The van der Waals surface area contributed by atoms with Crippen molar-refractivity contribution in [3.8, 4) is 11.3 Å². The summed E-state index contributed by atoms with van der Waals surface area (Å²) in [4.78, 5) is 13.6. The Kier molecular flexibility index (Phi) is 5.58. The third-order valence-corrected chi connectivity index (χ3v) is 6.70. The lowest BCUT2D eigenvalue weighted by atomic mass is 10.2. The molecule has 1 amide bonds. The predicted octanol–water partition coefficient (Wildman–Crippen LogP) is 4.31. The zero-order valence-corrected chi connectivity index (χ0v) is 17.9. The quantitative estimate of drug-likeness (QED) is 0.576. The number of hydrogen-bond donors (Lipinski definition) is 1. The molecular formula is C21H19BrN2O4S. The largest absolute Gasteiger partial charge is 0.460 e. The van der Waals surface area contributed by atoms with E-state index in [9.17, 15) is 13.2 Å². The molecule has 0 aliphatic carbocycles. The van der Waals surface area contributed by atoms with Crippen molar-refractivity contribution in [2.45, 2.75) is 24.3 Å². The fourth-order valence-corrected chi connectivity index (χ4v) is 4.48. The van der Waals surface area contributed by atoms with Crippen LogP contribution in [0.15, 0.2) is 74.4 Å². The minimum atomic E-state index is -3.69. The van der Waals surface area contributed by atoms with E-state index in [0.717, 1.165) is 22.1 Å². The smallest absolute Gasteiger partial charge is 0.240 e. The second-order valence-corrected chi connectivity index (χ2v) is 9.42. The number of halogens is 1. The van der Waals surface area contributed by atoms with Gasteiger partial charge in [0.2, 0.25) is 15.9 Å². The Morgan fingerprint density at radius 1 is 1.00 bits per heavy atom. The Morgan fingerprint density at radius 3 is 2.38 bits per heavy atom. The number of rotatable bonds is 6. The van der Waals surface area contributed by atoms with E-state index in [1.807, 2.05) is 30.3 Å². The maximum Gasteiger partial charge on any atom is 0.240 e. The molecule has 1 saturated heterocycles. The molecular weight excluding hydrogens is 456 g/mol. The SMILES string of the molecule is O=C1CCCN1c1ccc(S(=O)(=O)NCc2ccc(-c3ccc(Br)cc3)o2)cc1. The summed E-state index contributed by atoms with van der Waals surface area (Å²) in [5.41, 5.74) is 1.63. The molecule has 4 rings (SSSR count). The highest BCUT2D eigenvalue weighted by Crippen LogP contribution is 2.25. The van der Waals surface area contributed by atoms with Crippen molar-refractivity contribution >= 4 is 37.5 Å². The van der Waals surface area contributed by atoms with Gasteiger partial charge in [-0.1, -0.05) is 28.1 Å². The van der Waals surface area contributed by atoms with Crippen molar-refractivity contribution in [1.29, 1.82) is 0 Å². The first-order chi connectivity index (χ1) is 13.9. The maximum absolute atomic E-state index is 12.6. The van der Waals surface area contributed by atoms with E-state index in [1.165, 1.54) is 12.1 Å². The minimum absolute atomic E-state index is 0.0468. The molecule has 0 bridgehead atoms. The molecule has 150 valence electrons. The van der Waals surface area contributed by atoms with Gasteiger partial charge in [0.1, 0.15) is 11.5 Å². The van der Waals surface area contributed by atoms with Crippen LogP contribution in [0.4, 0.5) is 5.69 Å². The fraction of sp³-hybridized carbons (Fsp3) is 0.190. The first-order valence-electron chi connectivity index (χ1n) is 9.17. The molecule has 1 aromatic heterocycles. The monoisotopic (exact) mass is 474 g/mol. The van der Waals surface area contributed by atoms with Crippen LogP contribution in [0.1, 0.15) is 18.6 Å². The number of sulfonamides is 1. The Labute approximate surface area is 177 Å². The van der Waals surface area contributed by atoms with Crippen molar-refractivity contribution in [3.05, 3.63) is 70.9 Å². The van der Waals surface area contributed by atoms with Crippen LogP contribution in [0.2, 0.25) is 0 Å². The normalized spacial score (nSPS) is 14.5. The number of hydrogen-bond acceptors (Lipinski definition) is 4. The third-order valence-electron chi connectivity index (χ3n) is 4.76. The second-order valence-electron chi connectivity index (χ2n) is 6.74. The lowest BCUT2D eigenvalue weighted by Crippen LogP contribution is -2.25. The summed E-state index contributed by atoms with van der Waals surface area (Å²) in [5, 5.41) is 0. The average Bonchev–Trinajstić information content (AvgIpc) is 3.36. The molecule has 3 aromatic rings. The number of carbonyl (C=O) groups excluding carboxylic acids is 1. The van der Waals surface area contributed by atoms with E-state index < -0.39 is 10.0 Å². The molecule has 2 aromatic carbocycles. The third kappa shape index (κ3) is 4.44. The zero-order valence-electron chi connectivity index (χ0n) is 15.5. The average molecular weight is 475 g/mol. The Morgan fingerprint density at radius 2 is 1.72 bits per heavy atom. The van der Waals surface area contributed by atoms with Gasteiger partial charge in [0.25, 0.3) is 0 Å². The summed E-state index contributed by atoms with van der Waals surface area (Å²) in [6.45, 7) is 0.716. The molecule has 2 heterocycles. The maximum atomic E-state index is 12.6. The summed E-state index contributed by atoms with van der Waals surface area (Å²) in [6, 6.07) is 17.6. The van der Waals surface area contributed by atoms with Gasteiger partial charge in [-0.25, -0.2) is 13.1 Å². The van der Waals surface area contributed by atoms with E-state index in [2.05, 4.69) is 20.7 Å². The van der Waals surface area contributed by atoms with Crippen LogP contribution in [0.3, 0.4) is 0 Å². The van der Waals surface area contributed by atoms with Crippen LogP contribution in [0.25, 0.3) is 11.3 Å². The van der Waals surface area contributed by atoms with Gasteiger partial charge in [-0.3, -0.25) is 4.79 Å². The van der Waals surface area contributed by atoms with Gasteiger partial charge in [0.05, 0.1) is 11.4 Å². The van der Waals surface area contributed by atoms with Crippen molar-refractivity contribution < 1.29 is 17.6 Å². The van der Waals surface area contributed by atoms with Crippen LogP contribution in [-0.4, -0.2) is 20.9 Å². The number of furan rings is 1. The van der Waals surface area contributed by atoms with Crippen molar-refractivity contribution in [3.63, 3.8) is 0 Å². The van der Waals surface area contributed by atoms with Crippen molar-refractivity contribution in [1.82, 2.24) is 4.72 Å². The molecule has 0 unspecified atom stereocenters. The van der Waals surface area contributed by atoms with E-state index in [1.54, 1.807) is 23.1 Å². The molecule has 1 fully saturated rings. The highest BCUT2D eigenvalue weighted by atomic mass is 79.9. The van der Waals surface area contributed by atoms with Gasteiger partial charge in [-0.05, 0) is 55.0 Å². The van der Waals surface area contributed by atoms with E-state index in [0.29, 0.717) is 24.5 Å². The zero-order chi connectivity index (χ0) is 20.4. The topological polar surface area (TPSA) is 79.6 Å². The Balaban J connectivity index is 1.42. The number of carbonyl (C=O) groups is 1. The number of benzene rings is 2. The van der Waals surface area contributed by atoms with Crippen molar-refractivity contribution in [2.75, 3.05) is 11.4 Å². The van der Waals surface area contributed by atoms with Gasteiger partial charge in [0.15, 0.2) is 0 Å². The summed E-state index contributed by atoms with van der Waals surface area (Å²) < 4.78 is 34.4. The second kappa shape index (κ2) is 8.14. The molecule has 1 aliphatic rings. The molecule has 1 N–H and O–H groups in total. The molecule has 0 radical (unpaired) electrons. The van der Waals surface area contributed by atoms with Crippen LogP contribution in [0, 0.1) is 0 Å². The Bertz CT molecular complexity index is 1120.